The first-order valence-electron chi connectivity index (χ1n) is 5.38. The van der Waals surface area contributed by atoms with Crippen LogP contribution in [0.3, 0.4) is 0 Å². The van der Waals surface area contributed by atoms with Crippen LogP contribution in [0.25, 0.3) is 0 Å². The number of piperidine rings is 1. The minimum atomic E-state index is 0. The van der Waals surface area contributed by atoms with Crippen LogP contribution in [0.4, 0.5) is 0 Å². The van der Waals surface area contributed by atoms with Crippen LogP contribution in [0, 0.1) is 0 Å². The number of methoxy groups -OCH3 is 1. The van der Waals surface area contributed by atoms with Crippen molar-refractivity contribution in [3.63, 3.8) is 0 Å². The highest BCUT2D eigenvalue weighted by Crippen LogP contribution is 2.32. The Labute approximate surface area is 111 Å². The molecule has 1 atom stereocenters. The zero-order valence-electron chi connectivity index (χ0n) is 9.33. The van der Waals surface area contributed by atoms with Crippen molar-refractivity contribution in [2.24, 2.45) is 0 Å². The number of rotatable bonds is 2. The molecule has 1 aromatic rings. The van der Waals surface area contributed by atoms with Gasteiger partial charge in [0.25, 0.3) is 0 Å². The number of halogens is 2. The summed E-state index contributed by atoms with van der Waals surface area (Å²) in [5.41, 5.74) is 1.27. The maximum atomic E-state index is 5.39. The van der Waals surface area contributed by atoms with E-state index >= 15 is 0 Å². The average molecular weight is 307 g/mol. The minimum absolute atomic E-state index is 0. The standard InChI is InChI=1S/C12H16BrNO.ClH/c1-15-12-6-5-9(13)8-10(12)11-4-2-3-7-14-11;/h5-6,8,11,14H,2-4,7H2,1H3;1H/t11-;/m0./s1. The fourth-order valence-corrected chi connectivity index (χ4v) is 2.47. The highest BCUT2D eigenvalue weighted by atomic mass is 79.9. The van der Waals surface area contributed by atoms with Crippen LogP contribution in [0.15, 0.2) is 22.7 Å². The van der Waals surface area contributed by atoms with Gasteiger partial charge in [-0.1, -0.05) is 22.4 Å². The molecule has 0 aromatic heterocycles. The molecule has 0 spiro atoms. The molecule has 90 valence electrons. The lowest BCUT2D eigenvalue weighted by atomic mass is 9.97. The van der Waals surface area contributed by atoms with E-state index in [-0.39, 0.29) is 12.4 Å². The van der Waals surface area contributed by atoms with Gasteiger partial charge in [0.05, 0.1) is 7.11 Å². The Morgan fingerprint density at radius 3 is 2.81 bits per heavy atom. The SMILES string of the molecule is COc1ccc(Br)cc1[C@@H]1CCCCN1.Cl. The molecule has 2 rings (SSSR count). The van der Waals surface area contributed by atoms with Crippen LogP contribution in [0.5, 0.6) is 5.75 Å². The molecule has 1 aliphatic rings. The lowest BCUT2D eigenvalue weighted by Gasteiger charge is -2.25. The molecule has 0 radical (unpaired) electrons. The van der Waals surface area contributed by atoms with Gasteiger partial charge in [0.15, 0.2) is 0 Å². The third kappa shape index (κ3) is 3.12. The first-order valence-corrected chi connectivity index (χ1v) is 6.17. The lowest BCUT2D eigenvalue weighted by molar-refractivity contribution is 0.373. The highest BCUT2D eigenvalue weighted by Gasteiger charge is 2.18. The maximum absolute atomic E-state index is 5.39. The Kier molecular flexibility index (Phi) is 5.59. The molecular weight excluding hydrogens is 289 g/mol. The van der Waals surface area contributed by atoms with Crippen molar-refractivity contribution in [1.29, 1.82) is 0 Å². The average Bonchev–Trinajstić information content (AvgIpc) is 2.30. The predicted molar refractivity (Wildman–Crippen MR) is 72.5 cm³/mol. The summed E-state index contributed by atoms with van der Waals surface area (Å²) in [5, 5.41) is 3.54. The number of hydrogen-bond donors (Lipinski definition) is 1. The largest absolute Gasteiger partial charge is 0.496 e. The van der Waals surface area contributed by atoms with Crippen LogP contribution < -0.4 is 10.1 Å². The molecule has 1 fully saturated rings. The van der Waals surface area contributed by atoms with E-state index in [0.717, 1.165) is 16.8 Å². The summed E-state index contributed by atoms with van der Waals surface area (Å²) in [7, 11) is 1.73. The Balaban J connectivity index is 0.00000128. The zero-order valence-corrected chi connectivity index (χ0v) is 11.7. The van der Waals surface area contributed by atoms with E-state index in [2.05, 4.69) is 27.3 Å². The monoisotopic (exact) mass is 305 g/mol. The zero-order chi connectivity index (χ0) is 10.7. The van der Waals surface area contributed by atoms with E-state index in [9.17, 15) is 0 Å². The second kappa shape index (κ2) is 6.48. The maximum Gasteiger partial charge on any atom is 0.123 e. The normalized spacial score (nSPS) is 20.0. The number of ether oxygens (including phenoxy) is 1. The van der Waals surface area contributed by atoms with Crippen LogP contribution >= 0.6 is 28.3 Å². The van der Waals surface area contributed by atoms with Gasteiger partial charge in [-0.2, -0.15) is 0 Å². The van der Waals surface area contributed by atoms with E-state index in [0.29, 0.717) is 6.04 Å². The van der Waals surface area contributed by atoms with E-state index in [1.165, 1.54) is 24.8 Å². The number of hydrogen-bond acceptors (Lipinski definition) is 2. The molecule has 0 bridgehead atoms. The topological polar surface area (TPSA) is 21.3 Å². The summed E-state index contributed by atoms with van der Waals surface area (Å²) in [6.45, 7) is 1.11. The van der Waals surface area contributed by atoms with Crippen molar-refractivity contribution >= 4 is 28.3 Å². The fraction of sp³-hybridized carbons (Fsp3) is 0.500. The summed E-state index contributed by atoms with van der Waals surface area (Å²) < 4.78 is 6.51. The van der Waals surface area contributed by atoms with Gasteiger partial charge in [-0.3, -0.25) is 0 Å². The molecule has 0 unspecified atom stereocenters. The molecule has 1 aliphatic heterocycles. The van der Waals surface area contributed by atoms with Gasteiger partial charge in [-0.25, -0.2) is 0 Å². The van der Waals surface area contributed by atoms with Gasteiger partial charge in [-0.15, -0.1) is 12.4 Å². The first-order chi connectivity index (χ1) is 7.31. The molecule has 0 saturated carbocycles. The van der Waals surface area contributed by atoms with Crippen LogP contribution in [0.1, 0.15) is 30.9 Å². The number of benzene rings is 1. The van der Waals surface area contributed by atoms with E-state index < -0.39 is 0 Å². The van der Waals surface area contributed by atoms with Crippen LogP contribution in [-0.4, -0.2) is 13.7 Å². The Morgan fingerprint density at radius 1 is 1.38 bits per heavy atom. The molecule has 1 heterocycles. The molecule has 1 aromatic carbocycles. The van der Waals surface area contributed by atoms with Gasteiger partial charge >= 0.3 is 0 Å². The van der Waals surface area contributed by atoms with Crippen molar-refractivity contribution in [2.75, 3.05) is 13.7 Å². The van der Waals surface area contributed by atoms with Crippen molar-refractivity contribution in [3.05, 3.63) is 28.2 Å². The predicted octanol–water partition coefficient (Wildman–Crippen LogP) is 3.69. The second-order valence-corrected chi connectivity index (χ2v) is 4.80. The van der Waals surface area contributed by atoms with Crippen molar-refractivity contribution in [1.82, 2.24) is 5.32 Å². The third-order valence-electron chi connectivity index (χ3n) is 2.88. The van der Waals surface area contributed by atoms with Crippen molar-refractivity contribution < 1.29 is 4.74 Å². The first kappa shape index (κ1) is 13.8. The van der Waals surface area contributed by atoms with Crippen molar-refractivity contribution in [2.45, 2.75) is 25.3 Å². The fourth-order valence-electron chi connectivity index (χ4n) is 2.09. The third-order valence-corrected chi connectivity index (χ3v) is 3.37. The minimum Gasteiger partial charge on any atom is -0.496 e. The van der Waals surface area contributed by atoms with Crippen LogP contribution in [0.2, 0.25) is 0 Å². The Hall–Kier alpha value is -0.250. The van der Waals surface area contributed by atoms with Gasteiger partial charge in [-0.05, 0) is 37.6 Å². The summed E-state index contributed by atoms with van der Waals surface area (Å²) in [5.74, 6) is 0.984. The molecule has 1 N–H and O–H groups in total. The summed E-state index contributed by atoms with van der Waals surface area (Å²) >= 11 is 3.51. The molecule has 0 aliphatic carbocycles. The second-order valence-electron chi connectivity index (χ2n) is 3.89. The molecule has 16 heavy (non-hydrogen) atoms. The van der Waals surface area contributed by atoms with Gasteiger partial charge in [0.1, 0.15) is 5.75 Å². The molecular formula is C12H17BrClNO. The summed E-state index contributed by atoms with van der Waals surface area (Å²) in [6.07, 6.45) is 3.78. The van der Waals surface area contributed by atoms with E-state index in [4.69, 9.17) is 4.74 Å². The van der Waals surface area contributed by atoms with E-state index in [1.807, 2.05) is 12.1 Å². The quantitative estimate of drug-likeness (QED) is 0.899. The molecule has 4 heteroatoms. The Bertz CT molecular complexity index is 340. The lowest BCUT2D eigenvalue weighted by Crippen LogP contribution is -2.27. The van der Waals surface area contributed by atoms with E-state index in [1.54, 1.807) is 7.11 Å². The summed E-state index contributed by atoms with van der Waals surface area (Å²) in [6, 6.07) is 6.65. The Morgan fingerprint density at radius 2 is 2.19 bits per heavy atom. The van der Waals surface area contributed by atoms with Gasteiger partial charge in [0.2, 0.25) is 0 Å². The van der Waals surface area contributed by atoms with Crippen LogP contribution in [-0.2, 0) is 0 Å². The van der Waals surface area contributed by atoms with Gasteiger partial charge < -0.3 is 10.1 Å². The van der Waals surface area contributed by atoms with Gasteiger partial charge in [0, 0.05) is 16.1 Å². The van der Waals surface area contributed by atoms with Crippen molar-refractivity contribution in [3.8, 4) is 5.75 Å². The molecule has 0 amide bonds. The molecule has 2 nitrogen and oxygen atoms in total. The number of nitrogens with one attached hydrogen (secondary N) is 1. The smallest absolute Gasteiger partial charge is 0.123 e. The molecule has 1 saturated heterocycles. The highest BCUT2D eigenvalue weighted by molar-refractivity contribution is 9.10. The summed E-state index contributed by atoms with van der Waals surface area (Å²) in [4.78, 5) is 0.